The second-order valence-electron chi connectivity index (χ2n) is 5.42. The molecule has 2 unspecified atom stereocenters. The molecule has 4 rings (SSSR count). The lowest BCUT2D eigenvalue weighted by molar-refractivity contribution is 0.0879. The van der Waals surface area contributed by atoms with Gasteiger partial charge in [-0.25, -0.2) is 0 Å². The van der Waals surface area contributed by atoms with Crippen molar-refractivity contribution >= 4 is 44.5 Å². The quantitative estimate of drug-likeness (QED) is 0.725. The third-order valence-corrected chi connectivity index (χ3v) is 5.94. The summed E-state index contributed by atoms with van der Waals surface area (Å²) >= 11 is 5.27. The van der Waals surface area contributed by atoms with Gasteiger partial charge in [0.2, 0.25) is 5.91 Å². The highest BCUT2D eigenvalue weighted by molar-refractivity contribution is 9.10. The van der Waals surface area contributed by atoms with Gasteiger partial charge in [0.05, 0.1) is 16.9 Å². The minimum atomic E-state index is -0.195. The Morgan fingerprint density at radius 1 is 1.30 bits per heavy atom. The van der Waals surface area contributed by atoms with Crippen LogP contribution in [0.15, 0.2) is 59.5 Å². The molecule has 0 aliphatic carbocycles. The second kappa shape index (κ2) is 6.11. The van der Waals surface area contributed by atoms with Crippen molar-refractivity contribution in [3.8, 4) is 0 Å². The van der Waals surface area contributed by atoms with Crippen LogP contribution < -0.4 is 5.32 Å². The first-order chi connectivity index (χ1) is 11.2. The number of aromatic nitrogens is 2. The Bertz CT molecular complexity index is 865. The number of hydrogen-bond donors (Lipinski definition) is 1. The highest BCUT2D eigenvalue weighted by Crippen LogP contribution is 2.33. The molecule has 1 N–H and O–H groups in total. The third-order valence-electron chi connectivity index (χ3n) is 3.98. The van der Waals surface area contributed by atoms with Crippen molar-refractivity contribution in [1.29, 1.82) is 0 Å². The van der Waals surface area contributed by atoms with E-state index in [4.69, 9.17) is 0 Å². The van der Waals surface area contributed by atoms with Crippen molar-refractivity contribution in [1.82, 2.24) is 14.9 Å². The van der Waals surface area contributed by atoms with Crippen molar-refractivity contribution < 1.29 is 4.79 Å². The largest absolute Gasteiger partial charge is 0.290 e. The predicted octanol–water partition coefficient (Wildman–Crippen LogP) is 3.84. The van der Waals surface area contributed by atoms with Gasteiger partial charge in [-0.1, -0.05) is 28.1 Å². The van der Waals surface area contributed by atoms with Crippen LogP contribution in [0, 0.1) is 0 Å². The number of hydrogen-bond acceptors (Lipinski definition) is 4. The highest BCUT2D eigenvalue weighted by atomic mass is 79.9. The summed E-state index contributed by atoms with van der Waals surface area (Å²) < 4.78 is 2.74. The number of pyridine rings is 1. The SMILES string of the molecule is O=C(C1CSC(c2cccnc2)N1)n1ccc2c(Br)cccc21. The number of nitrogens with one attached hydrogen (secondary N) is 1. The normalized spacial score (nSPS) is 20.9. The molecule has 1 aliphatic heterocycles. The highest BCUT2D eigenvalue weighted by Gasteiger charge is 2.31. The smallest absolute Gasteiger partial charge is 0.249 e. The van der Waals surface area contributed by atoms with Crippen LogP contribution in [0.2, 0.25) is 0 Å². The van der Waals surface area contributed by atoms with Gasteiger partial charge < -0.3 is 0 Å². The molecular weight excluding hydrogens is 374 g/mol. The van der Waals surface area contributed by atoms with E-state index in [9.17, 15) is 4.79 Å². The molecule has 1 aromatic carbocycles. The molecule has 3 heterocycles. The van der Waals surface area contributed by atoms with Gasteiger partial charge in [0.1, 0.15) is 0 Å². The summed E-state index contributed by atoms with van der Waals surface area (Å²) in [6.07, 6.45) is 5.46. The molecule has 23 heavy (non-hydrogen) atoms. The van der Waals surface area contributed by atoms with Gasteiger partial charge >= 0.3 is 0 Å². The van der Waals surface area contributed by atoms with Crippen LogP contribution >= 0.6 is 27.7 Å². The summed E-state index contributed by atoms with van der Waals surface area (Å²) in [7, 11) is 0. The topological polar surface area (TPSA) is 46.9 Å². The number of fused-ring (bicyclic) bond motifs is 1. The molecule has 1 fully saturated rings. The molecular formula is C17H14BrN3OS. The summed E-state index contributed by atoms with van der Waals surface area (Å²) in [4.78, 5) is 17.0. The van der Waals surface area contributed by atoms with E-state index in [0.717, 1.165) is 26.7 Å². The van der Waals surface area contributed by atoms with Crippen molar-refractivity contribution in [3.05, 3.63) is 65.0 Å². The number of carbonyl (C=O) groups is 1. The number of rotatable bonds is 2. The van der Waals surface area contributed by atoms with Crippen LogP contribution in [-0.4, -0.2) is 27.3 Å². The maximum atomic E-state index is 12.9. The lowest BCUT2D eigenvalue weighted by atomic mass is 10.2. The minimum absolute atomic E-state index is 0.0805. The van der Waals surface area contributed by atoms with E-state index < -0.39 is 0 Å². The molecule has 1 aliphatic rings. The molecule has 3 aromatic rings. The fourth-order valence-electron chi connectivity index (χ4n) is 2.83. The number of halogens is 1. The molecule has 0 spiro atoms. The molecule has 2 aromatic heterocycles. The molecule has 2 atom stereocenters. The summed E-state index contributed by atoms with van der Waals surface area (Å²) in [6.45, 7) is 0. The Morgan fingerprint density at radius 2 is 2.22 bits per heavy atom. The zero-order valence-corrected chi connectivity index (χ0v) is 14.5. The van der Waals surface area contributed by atoms with Crippen molar-refractivity contribution in [2.24, 2.45) is 0 Å². The zero-order valence-electron chi connectivity index (χ0n) is 12.1. The summed E-state index contributed by atoms with van der Waals surface area (Å²) in [6, 6.07) is 11.6. The number of carbonyl (C=O) groups excluding carboxylic acids is 1. The van der Waals surface area contributed by atoms with E-state index >= 15 is 0 Å². The van der Waals surface area contributed by atoms with Gasteiger partial charge in [-0.05, 0) is 29.8 Å². The first kappa shape index (κ1) is 14.9. The lowest BCUT2D eigenvalue weighted by Crippen LogP contribution is -2.37. The average molecular weight is 388 g/mol. The predicted molar refractivity (Wildman–Crippen MR) is 96.6 cm³/mol. The zero-order chi connectivity index (χ0) is 15.8. The van der Waals surface area contributed by atoms with Crippen LogP contribution in [-0.2, 0) is 0 Å². The summed E-state index contributed by atoms with van der Waals surface area (Å²) in [5.74, 6) is 0.837. The van der Waals surface area contributed by atoms with Gasteiger partial charge in [-0.2, -0.15) is 0 Å². The van der Waals surface area contributed by atoms with Crippen LogP contribution in [0.5, 0.6) is 0 Å². The molecule has 0 radical (unpaired) electrons. The molecule has 6 heteroatoms. The fraction of sp³-hybridized carbons (Fsp3) is 0.176. The molecule has 1 saturated heterocycles. The van der Waals surface area contributed by atoms with Gasteiger partial charge in [0.15, 0.2) is 0 Å². The number of thioether (sulfide) groups is 1. The van der Waals surface area contributed by atoms with Gasteiger partial charge in [0.25, 0.3) is 0 Å². The van der Waals surface area contributed by atoms with E-state index in [-0.39, 0.29) is 17.3 Å². The van der Waals surface area contributed by atoms with E-state index in [1.807, 2.05) is 48.8 Å². The van der Waals surface area contributed by atoms with Crippen LogP contribution in [0.3, 0.4) is 0 Å². The number of nitrogens with zero attached hydrogens (tertiary/aromatic N) is 2. The minimum Gasteiger partial charge on any atom is -0.290 e. The average Bonchev–Trinajstić information content (AvgIpc) is 3.23. The first-order valence-electron chi connectivity index (χ1n) is 7.31. The standard InChI is InChI=1S/C17H14BrN3OS/c18-13-4-1-5-15-12(13)6-8-21(15)17(22)14-10-23-16(20-14)11-3-2-7-19-9-11/h1-9,14,16,20H,10H2. The van der Waals surface area contributed by atoms with E-state index in [1.54, 1.807) is 22.5 Å². The Labute approximate surface area is 146 Å². The molecule has 0 saturated carbocycles. The van der Waals surface area contributed by atoms with Crippen LogP contribution in [0.1, 0.15) is 15.7 Å². The maximum Gasteiger partial charge on any atom is 0.249 e. The Balaban J connectivity index is 1.59. The first-order valence-corrected chi connectivity index (χ1v) is 9.15. The van der Waals surface area contributed by atoms with Crippen molar-refractivity contribution in [2.45, 2.75) is 11.4 Å². The molecule has 0 bridgehead atoms. The second-order valence-corrected chi connectivity index (χ2v) is 7.41. The van der Waals surface area contributed by atoms with E-state index in [2.05, 4.69) is 26.2 Å². The molecule has 0 amide bonds. The van der Waals surface area contributed by atoms with Crippen molar-refractivity contribution in [3.63, 3.8) is 0 Å². The summed E-state index contributed by atoms with van der Waals surface area (Å²) in [5, 5.41) is 4.58. The Morgan fingerprint density at radius 3 is 3.04 bits per heavy atom. The van der Waals surface area contributed by atoms with Gasteiger partial charge in [-0.3, -0.25) is 19.7 Å². The van der Waals surface area contributed by atoms with E-state index in [1.165, 1.54) is 0 Å². The Kier molecular flexibility index (Phi) is 3.97. The summed E-state index contributed by atoms with van der Waals surface area (Å²) in [5.41, 5.74) is 2.04. The molecule has 4 nitrogen and oxygen atoms in total. The maximum absolute atomic E-state index is 12.9. The van der Waals surface area contributed by atoms with Crippen LogP contribution in [0.4, 0.5) is 0 Å². The van der Waals surface area contributed by atoms with Crippen LogP contribution in [0.25, 0.3) is 10.9 Å². The monoisotopic (exact) mass is 387 g/mol. The fourth-order valence-corrected chi connectivity index (χ4v) is 4.53. The third kappa shape index (κ3) is 2.71. The van der Waals surface area contributed by atoms with E-state index in [0.29, 0.717) is 0 Å². The number of benzene rings is 1. The van der Waals surface area contributed by atoms with Crippen molar-refractivity contribution in [2.75, 3.05) is 5.75 Å². The lowest BCUT2D eigenvalue weighted by Gasteiger charge is -2.13. The van der Waals surface area contributed by atoms with Gasteiger partial charge in [0, 0.05) is 34.2 Å². The Hall–Kier alpha value is -1.63. The van der Waals surface area contributed by atoms with Gasteiger partial charge in [-0.15, -0.1) is 11.8 Å². The molecule has 116 valence electrons.